The van der Waals surface area contributed by atoms with E-state index in [1.165, 1.54) is 12.1 Å². The number of esters is 1. The lowest BCUT2D eigenvalue weighted by molar-refractivity contribution is -0.119. The Balaban J connectivity index is 1.69. The van der Waals surface area contributed by atoms with Gasteiger partial charge < -0.3 is 14.6 Å². The van der Waals surface area contributed by atoms with E-state index < -0.39 is 11.9 Å². The molecule has 3 aromatic rings. The van der Waals surface area contributed by atoms with Gasteiger partial charge >= 0.3 is 5.97 Å². The zero-order valence-electron chi connectivity index (χ0n) is 15.0. The number of benzene rings is 2. The highest BCUT2D eigenvalue weighted by molar-refractivity contribution is 5.96. The van der Waals surface area contributed by atoms with E-state index in [9.17, 15) is 14.0 Å². The van der Waals surface area contributed by atoms with E-state index in [0.29, 0.717) is 16.9 Å². The molecule has 0 aliphatic rings. The molecule has 0 unspecified atom stereocenters. The highest BCUT2D eigenvalue weighted by Gasteiger charge is 2.19. The minimum atomic E-state index is -0.584. The molecule has 0 saturated heterocycles. The van der Waals surface area contributed by atoms with Crippen LogP contribution in [-0.2, 0) is 9.53 Å². The molecule has 138 valence electrons. The third-order valence-corrected chi connectivity index (χ3v) is 4.13. The molecule has 0 aliphatic heterocycles. The Bertz CT molecular complexity index is 963. The second-order valence-corrected chi connectivity index (χ2v) is 6.09. The van der Waals surface area contributed by atoms with Gasteiger partial charge in [-0.2, -0.15) is 0 Å². The van der Waals surface area contributed by atoms with Crippen molar-refractivity contribution in [2.24, 2.45) is 0 Å². The summed E-state index contributed by atoms with van der Waals surface area (Å²) in [4.78, 5) is 24.3. The van der Waals surface area contributed by atoms with Gasteiger partial charge in [0.25, 0.3) is 5.91 Å². The van der Waals surface area contributed by atoms with Crippen molar-refractivity contribution in [1.82, 2.24) is 4.57 Å². The van der Waals surface area contributed by atoms with Crippen LogP contribution < -0.4 is 5.32 Å². The van der Waals surface area contributed by atoms with Crippen LogP contribution in [0.4, 0.5) is 10.1 Å². The normalized spacial score (nSPS) is 10.5. The first kappa shape index (κ1) is 18.4. The van der Waals surface area contributed by atoms with Crippen LogP contribution in [-0.4, -0.2) is 23.1 Å². The fraction of sp³-hybridized carbons (Fsp3) is 0.143. The molecular weight excluding hydrogens is 347 g/mol. The summed E-state index contributed by atoms with van der Waals surface area (Å²) in [7, 11) is 0. The number of ether oxygens (including phenoxy) is 1. The summed E-state index contributed by atoms with van der Waals surface area (Å²) in [5, 5.41) is 2.65. The van der Waals surface area contributed by atoms with E-state index in [-0.39, 0.29) is 12.4 Å². The fourth-order valence-corrected chi connectivity index (χ4v) is 2.88. The summed E-state index contributed by atoms with van der Waals surface area (Å²) in [6, 6.07) is 16.6. The van der Waals surface area contributed by atoms with E-state index in [0.717, 1.165) is 11.4 Å². The number of carbonyl (C=O) groups excluding carboxylic acids is 2. The van der Waals surface area contributed by atoms with Gasteiger partial charge in [0.2, 0.25) is 0 Å². The van der Waals surface area contributed by atoms with Crippen LogP contribution >= 0.6 is 0 Å². The maximum absolute atomic E-state index is 13.1. The second kappa shape index (κ2) is 7.86. The third-order valence-electron chi connectivity index (χ3n) is 4.13. The number of anilines is 1. The van der Waals surface area contributed by atoms with Gasteiger partial charge in [-0.1, -0.05) is 18.2 Å². The van der Waals surface area contributed by atoms with Gasteiger partial charge in [-0.3, -0.25) is 4.79 Å². The predicted molar refractivity (Wildman–Crippen MR) is 101 cm³/mol. The van der Waals surface area contributed by atoms with Crippen LogP contribution in [0.1, 0.15) is 21.7 Å². The summed E-state index contributed by atoms with van der Waals surface area (Å²) in [6.07, 6.45) is 0. The summed E-state index contributed by atoms with van der Waals surface area (Å²) < 4.78 is 20.1. The van der Waals surface area contributed by atoms with Crippen LogP contribution in [0.3, 0.4) is 0 Å². The second-order valence-electron chi connectivity index (χ2n) is 6.09. The van der Waals surface area contributed by atoms with Crippen LogP contribution in [0.5, 0.6) is 0 Å². The Morgan fingerprint density at radius 1 is 1.04 bits per heavy atom. The first-order chi connectivity index (χ1) is 13.0. The lowest BCUT2D eigenvalue weighted by Crippen LogP contribution is -2.21. The van der Waals surface area contributed by atoms with Crippen molar-refractivity contribution >= 4 is 17.6 Å². The zero-order chi connectivity index (χ0) is 19.4. The molecule has 1 aromatic heterocycles. The number of carbonyl (C=O) groups is 2. The van der Waals surface area contributed by atoms with Crippen molar-refractivity contribution in [2.45, 2.75) is 13.8 Å². The number of halogens is 1. The Hall–Kier alpha value is -3.41. The molecule has 0 radical (unpaired) electrons. The van der Waals surface area contributed by atoms with Crippen molar-refractivity contribution in [3.63, 3.8) is 0 Å². The molecule has 0 atom stereocenters. The Kier molecular flexibility index (Phi) is 5.35. The highest BCUT2D eigenvalue weighted by Crippen LogP contribution is 2.21. The van der Waals surface area contributed by atoms with Gasteiger partial charge in [-0.15, -0.1) is 0 Å². The van der Waals surface area contributed by atoms with Crippen molar-refractivity contribution in [1.29, 1.82) is 0 Å². The molecular formula is C21H19FN2O3. The molecule has 5 nitrogen and oxygen atoms in total. The van der Waals surface area contributed by atoms with E-state index in [1.807, 2.05) is 17.6 Å². The Morgan fingerprint density at radius 2 is 1.70 bits per heavy atom. The van der Waals surface area contributed by atoms with Crippen LogP contribution in [0.25, 0.3) is 5.69 Å². The Morgan fingerprint density at radius 3 is 2.37 bits per heavy atom. The molecule has 0 bridgehead atoms. The van der Waals surface area contributed by atoms with Gasteiger partial charge in [0, 0.05) is 22.8 Å². The first-order valence-electron chi connectivity index (χ1n) is 8.42. The van der Waals surface area contributed by atoms with Gasteiger partial charge in [0.15, 0.2) is 6.61 Å². The number of hydrogen-bond acceptors (Lipinski definition) is 3. The lowest BCUT2D eigenvalue weighted by Gasteiger charge is -2.10. The molecule has 27 heavy (non-hydrogen) atoms. The average Bonchev–Trinajstić information content (AvgIpc) is 2.96. The number of nitrogens with zero attached hydrogens (tertiary/aromatic N) is 1. The first-order valence-corrected chi connectivity index (χ1v) is 8.42. The standard InChI is InChI=1S/C21H19FN2O3/c1-14-12-19(15(2)24(14)18-10-8-16(22)9-11-18)21(26)27-13-20(25)23-17-6-4-3-5-7-17/h3-12H,13H2,1-2H3,(H,23,25). The van der Waals surface area contributed by atoms with Crippen LogP contribution in [0, 0.1) is 19.7 Å². The minimum Gasteiger partial charge on any atom is -0.452 e. The molecule has 2 aromatic carbocycles. The Labute approximate surface area is 156 Å². The van der Waals surface area contributed by atoms with Gasteiger partial charge in [-0.25, -0.2) is 9.18 Å². The van der Waals surface area contributed by atoms with E-state index in [4.69, 9.17) is 4.74 Å². The van der Waals surface area contributed by atoms with Gasteiger partial charge in [0.1, 0.15) is 5.82 Å². The number of nitrogens with one attached hydrogen (secondary N) is 1. The molecule has 6 heteroatoms. The summed E-state index contributed by atoms with van der Waals surface area (Å²) in [5.74, 6) is -1.33. The number of aromatic nitrogens is 1. The van der Waals surface area contributed by atoms with E-state index >= 15 is 0 Å². The van der Waals surface area contributed by atoms with Crippen molar-refractivity contribution < 1.29 is 18.7 Å². The minimum absolute atomic E-state index is 0.328. The summed E-state index contributed by atoms with van der Waals surface area (Å²) >= 11 is 0. The number of aryl methyl sites for hydroxylation is 1. The monoisotopic (exact) mass is 366 g/mol. The van der Waals surface area contributed by atoms with Crippen LogP contribution in [0.15, 0.2) is 60.7 Å². The smallest absolute Gasteiger partial charge is 0.340 e. The number of hydrogen-bond donors (Lipinski definition) is 1. The van der Waals surface area contributed by atoms with Crippen LogP contribution in [0.2, 0.25) is 0 Å². The molecule has 0 aliphatic carbocycles. The zero-order valence-corrected chi connectivity index (χ0v) is 15.0. The lowest BCUT2D eigenvalue weighted by atomic mass is 10.2. The van der Waals surface area contributed by atoms with Gasteiger partial charge in [-0.05, 0) is 56.3 Å². The summed E-state index contributed by atoms with van der Waals surface area (Å²) in [6.45, 7) is 3.24. The van der Waals surface area contributed by atoms with Gasteiger partial charge in [0.05, 0.1) is 5.56 Å². The topological polar surface area (TPSA) is 60.3 Å². The number of rotatable bonds is 5. The maximum atomic E-state index is 13.1. The SMILES string of the molecule is Cc1cc(C(=O)OCC(=O)Nc2ccccc2)c(C)n1-c1ccc(F)cc1. The molecule has 0 fully saturated rings. The molecule has 3 rings (SSSR count). The number of amides is 1. The highest BCUT2D eigenvalue weighted by atomic mass is 19.1. The third kappa shape index (κ3) is 4.23. The fourth-order valence-electron chi connectivity index (χ4n) is 2.88. The summed E-state index contributed by atoms with van der Waals surface area (Å²) in [5.41, 5.74) is 3.21. The number of para-hydroxylation sites is 1. The van der Waals surface area contributed by atoms with E-state index in [2.05, 4.69) is 5.32 Å². The molecule has 1 amide bonds. The predicted octanol–water partition coefficient (Wildman–Crippen LogP) is 4.03. The molecule has 0 saturated carbocycles. The van der Waals surface area contributed by atoms with Crippen molar-refractivity contribution in [3.8, 4) is 5.69 Å². The maximum Gasteiger partial charge on any atom is 0.340 e. The van der Waals surface area contributed by atoms with E-state index in [1.54, 1.807) is 49.4 Å². The van der Waals surface area contributed by atoms with Crippen molar-refractivity contribution in [2.75, 3.05) is 11.9 Å². The average molecular weight is 366 g/mol. The quantitative estimate of drug-likeness (QED) is 0.694. The molecule has 1 heterocycles. The molecule has 0 spiro atoms. The largest absolute Gasteiger partial charge is 0.452 e. The van der Waals surface area contributed by atoms with Crippen molar-refractivity contribution in [3.05, 3.63) is 83.4 Å². The molecule has 1 N–H and O–H groups in total.